The largest absolute Gasteiger partial charge is 0.493 e. The van der Waals surface area contributed by atoms with Gasteiger partial charge >= 0.3 is 12.2 Å². The van der Waals surface area contributed by atoms with Crippen molar-refractivity contribution in [1.29, 1.82) is 0 Å². The molecule has 0 aliphatic carbocycles. The molecule has 1 aliphatic rings. The number of rotatable bonds is 8. The van der Waals surface area contributed by atoms with E-state index in [0.717, 1.165) is 16.7 Å². The van der Waals surface area contributed by atoms with Crippen molar-refractivity contribution in [1.82, 2.24) is 4.90 Å². The van der Waals surface area contributed by atoms with Crippen LogP contribution in [0.4, 0.5) is 15.3 Å². The van der Waals surface area contributed by atoms with Crippen molar-refractivity contribution < 1.29 is 28.5 Å². The molecule has 3 aromatic carbocycles. The second kappa shape index (κ2) is 12.4. The number of amides is 2. The molecule has 0 bridgehead atoms. The number of hydrogen-bond acceptors (Lipinski definition) is 6. The zero-order valence-corrected chi connectivity index (χ0v) is 22.3. The third-order valence-corrected chi connectivity index (χ3v) is 6.63. The van der Waals surface area contributed by atoms with Crippen LogP contribution in [0.15, 0.2) is 72.8 Å². The summed E-state index contributed by atoms with van der Waals surface area (Å²) in [5.74, 6) is 0.988. The van der Waals surface area contributed by atoms with Crippen molar-refractivity contribution in [3.8, 4) is 11.5 Å². The van der Waals surface area contributed by atoms with Crippen LogP contribution < -0.4 is 14.4 Å². The molecule has 0 spiro atoms. The second-order valence-corrected chi connectivity index (χ2v) is 9.09. The van der Waals surface area contributed by atoms with Gasteiger partial charge in [0.25, 0.3) is 0 Å². The van der Waals surface area contributed by atoms with E-state index < -0.39 is 18.2 Å². The van der Waals surface area contributed by atoms with E-state index in [1.807, 2.05) is 73.7 Å². The highest BCUT2D eigenvalue weighted by atomic mass is 16.6. The van der Waals surface area contributed by atoms with Crippen LogP contribution in [0.5, 0.6) is 11.5 Å². The topological polar surface area (TPSA) is 77.5 Å². The van der Waals surface area contributed by atoms with Crippen LogP contribution in [0.25, 0.3) is 0 Å². The summed E-state index contributed by atoms with van der Waals surface area (Å²) in [7, 11) is 3.11. The fourth-order valence-electron chi connectivity index (χ4n) is 4.80. The number of methoxy groups -OCH3 is 2. The molecule has 0 fully saturated rings. The molecular weight excluding hydrogens is 484 g/mol. The van der Waals surface area contributed by atoms with Gasteiger partial charge in [0.15, 0.2) is 11.5 Å². The highest BCUT2D eigenvalue weighted by molar-refractivity contribution is 5.91. The van der Waals surface area contributed by atoms with Gasteiger partial charge in [0, 0.05) is 24.2 Å². The normalized spacial score (nSPS) is 16.3. The molecule has 4 rings (SSSR count). The van der Waals surface area contributed by atoms with Crippen LogP contribution in [0.1, 0.15) is 43.0 Å². The number of ether oxygens (including phenoxy) is 4. The number of carbonyl (C=O) groups is 2. The lowest BCUT2D eigenvalue weighted by Gasteiger charge is -2.42. The minimum absolute atomic E-state index is 0.154. The average Bonchev–Trinajstić information content (AvgIpc) is 2.94. The minimum Gasteiger partial charge on any atom is -0.493 e. The van der Waals surface area contributed by atoms with Crippen molar-refractivity contribution >= 4 is 17.9 Å². The Bertz CT molecular complexity index is 1230. The number of carbonyl (C=O) groups excluding carboxylic acids is 2. The van der Waals surface area contributed by atoms with Gasteiger partial charge in [0.2, 0.25) is 0 Å². The van der Waals surface area contributed by atoms with Crippen LogP contribution in [0.3, 0.4) is 0 Å². The van der Waals surface area contributed by atoms with E-state index in [1.165, 1.54) is 0 Å². The summed E-state index contributed by atoms with van der Waals surface area (Å²) in [5, 5.41) is 0. The monoisotopic (exact) mass is 518 g/mol. The molecule has 2 atom stereocenters. The van der Waals surface area contributed by atoms with Gasteiger partial charge in [-0.1, -0.05) is 60.7 Å². The van der Waals surface area contributed by atoms with Gasteiger partial charge in [-0.25, -0.2) is 9.59 Å². The molecule has 2 amide bonds. The molecule has 1 heterocycles. The van der Waals surface area contributed by atoms with Crippen molar-refractivity contribution in [2.45, 2.75) is 45.5 Å². The predicted molar refractivity (Wildman–Crippen MR) is 144 cm³/mol. The smallest absolute Gasteiger partial charge is 0.414 e. The lowest BCUT2D eigenvalue weighted by atomic mass is 9.90. The fourth-order valence-corrected chi connectivity index (χ4v) is 4.80. The molecule has 0 unspecified atom stereocenters. The SMILES string of the molecule is CCOC(=O)N1c2cc(OC)c(OC)cc2[C@@H](N(Cc2ccccc2)C(=O)OCc2ccccc2)C[C@H]1C. The summed E-state index contributed by atoms with van der Waals surface area (Å²) in [6.07, 6.45) is -0.414. The van der Waals surface area contributed by atoms with Crippen molar-refractivity contribution in [2.24, 2.45) is 0 Å². The molecule has 8 nitrogen and oxygen atoms in total. The first kappa shape index (κ1) is 26.9. The Morgan fingerprint density at radius 1 is 0.895 bits per heavy atom. The van der Waals surface area contributed by atoms with Crippen LogP contribution in [-0.2, 0) is 22.6 Å². The summed E-state index contributed by atoms with van der Waals surface area (Å²) >= 11 is 0. The maximum Gasteiger partial charge on any atom is 0.414 e. The Hall–Kier alpha value is -4.20. The Morgan fingerprint density at radius 2 is 1.50 bits per heavy atom. The standard InChI is InChI=1S/C30H34N2O6/c1-5-37-30(34)32-21(2)16-25(24-17-27(35-3)28(36-4)18-26(24)32)31(19-22-12-8-6-9-13-22)29(33)38-20-23-14-10-7-11-15-23/h6-15,17-18,21,25H,5,16,19-20H2,1-4H3/t21-,25+/m1/s1. The maximum atomic E-state index is 13.7. The zero-order valence-electron chi connectivity index (χ0n) is 22.3. The quantitative estimate of drug-likeness (QED) is 0.346. The molecule has 0 aromatic heterocycles. The number of benzene rings is 3. The van der Waals surface area contributed by atoms with Crippen LogP contribution >= 0.6 is 0 Å². The summed E-state index contributed by atoms with van der Waals surface area (Å²) in [5.41, 5.74) is 3.23. The van der Waals surface area contributed by atoms with Crippen LogP contribution in [0, 0.1) is 0 Å². The molecule has 0 saturated carbocycles. The van der Waals surface area contributed by atoms with Crippen molar-refractivity contribution in [2.75, 3.05) is 25.7 Å². The van der Waals surface area contributed by atoms with Crippen LogP contribution in [0.2, 0.25) is 0 Å². The van der Waals surface area contributed by atoms with E-state index in [1.54, 1.807) is 37.0 Å². The van der Waals surface area contributed by atoms with Crippen molar-refractivity contribution in [3.05, 3.63) is 89.5 Å². The molecule has 0 saturated heterocycles. The first-order valence-electron chi connectivity index (χ1n) is 12.7. The van der Waals surface area contributed by atoms with Crippen molar-refractivity contribution in [3.63, 3.8) is 0 Å². The second-order valence-electron chi connectivity index (χ2n) is 9.09. The van der Waals surface area contributed by atoms with E-state index in [2.05, 4.69) is 0 Å². The van der Waals surface area contributed by atoms with Gasteiger partial charge in [0.05, 0.1) is 32.6 Å². The van der Waals surface area contributed by atoms with E-state index in [4.69, 9.17) is 18.9 Å². The molecular formula is C30H34N2O6. The molecule has 1 aliphatic heterocycles. The maximum absolute atomic E-state index is 13.7. The lowest BCUT2D eigenvalue weighted by Crippen LogP contribution is -2.47. The van der Waals surface area contributed by atoms with Crippen LogP contribution in [-0.4, -0.2) is 44.0 Å². The summed E-state index contributed by atoms with van der Waals surface area (Å²) in [4.78, 5) is 30.0. The third-order valence-electron chi connectivity index (χ3n) is 6.63. The summed E-state index contributed by atoms with van der Waals surface area (Å²) in [6, 6.07) is 22.3. The molecule has 0 N–H and O–H groups in total. The number of anilines is 1. The molecule has 0 radical (unpaired) electrons. The van der Waals surface area contributed by atoms with E-state index >= 15 is 0 Å². The molecule has 200 valence electrons. The zero-order chi connectivity index (χ0) is 27.1. The lowest BCUT2D eigenvalue weighted by molar-refractivity contribution is 0.0718. The predicted octanol–water partition coefficient (Wildman–Crippen LogP) is 6.34. The van der Waals surface area contributed by atoms with Gasteiger partial charge in [-0.2, -0.15) is 0 Å². The number of fused-ring (bicyclic) bond motifs is 1. The first-order valence-corrected chi connectivity index (χ1v) is 12.7. The summed E-state index contributed by atoms with van der Waals surface area (Å²) in [6.45, 7) is 4.45. The first-order chi connectivity index (χ1) is 18.5. The molecule has 8 heteroatoms. The average molecular weight is 519 g/mol. The molecule has 38 heavy (non-hydrogen) atoms. The summed E-state index contributed by atoms with van der Waals surface area (Å²) < 4.78 is 22.3. The van der Waals surface area contributed by atoms with Gasteiger partial charge in [0.1, 0.15) is 6.61 Å². The van der Waals surface area contributed by atoms with E-state index in [0.29, 0.717) is 30.2 Å². The number of hydrogen-bond donors (Lipinski definition) is 0. The van der Waals surface area contributed by atoms with Gasteiger partial charge in [-0.15, -0.1) is 0 Å². The minimum atomic E-state index is -0.451. The Kier molecular flexibility index (Phi) is 8.73. The van der Waals surface area contributed by atoms with Gasteiger partial charge in [-0.05, 0) is 37.5 Å². The molecule has 3 aromatic rings. The number of nitrogens with zero attached hydrogens (tertiary/aromatic N) is 2. The highest BCUT2D eigenvalue weighted by Crippen LogP contribution is 2.46. The Morgan fingerprint density at radius 3 is 2.11 bits per heavy atom. The third kappa shape index (κ3) is 5.85. The van der Waals surface area contributed by atoms with Gasteiger partial charge in [-0.3, -0.25) is 9.80 Å². The highest BCUT2D eigenvalue weighted by Gasteiger charge is 2.40. The van der Waals surface area contributed by atoms with E-state index in [9.17, 15) is 9.59 Å². The van der Waals surface area contributed by atoms with E-state index in [-0.39, 0.29) is 19.3 Å². The van der Waals surface area contributed by atoms with Gasteiger partial charge < -0.3 is 18.9 Å². The fraction of sp³-hybridized carbons (Fsp3) is 0.333. The Balaban J connectivity index is 1.76. The Labute approximate surface area is 223 Å².